The fraction of sp³-hybridized carbons (Fsp3) is 0.333. The lowest BCUT2D eigenvalue weighted by Crippen LogP contribution is -1.94. The highest BCUT2D eigenvalue weighted by atomic mass is 79.9. The molecule has 0 nitrogen and oxygen atoms in total. The molecule has 0 radical (unpaired) electrons. The summed E-state index contributed by atoms with van der Waals surface area (Å²) in [5.41, 5.74) is 0.531. The Kier molecular flexibility index (Phi) is 2.83. The van der Waals surface area contributed by atoms with Crippen LogP contribution in [0.15, 0.2) is 16.6 Å². The van der Waals surface area contributed by atoms with Crippen LogP contribution >= 0.6 is 15.9 Å². The van der Waals surface area contributed by atoms with Crippen LogP contribution in [0.4, 0.5) is 8.78 Å². The molecule has 0 aromatic heterocycles. The first-order chi connectivity index (χ1) is 5.52. The summed E-state index contributed by atoms with van der Waals surface area (Å²) >= 11 is 3.01. The molecule has 0 amide bonds. The monoisotopic (exact) mass is 234 g/mol. The van der Waals surface area contributed by atoms with Gasteiger partial charge < -0.3 is 0 Å². The molecule has 66 valence electrons. The maximum atomic E-state index is 13.0. The number of hydrogen-bond donors (Lipinski definition) is 0. The lowest BCUT2D eigenvalue weighted by molar-refractivity contribution is 0.561. The van der Waals surface area contributed by atoms with E-state index >= 15 is 0 Å². The van der Waals surface area contributed by atoms with Gasteiger partial charge in [0, 0.05) is 6.07 Å². The van der Waals surface area contributed by atoms with Crippen LogP contribution in [-0.4, -0.2) is 0 Å². The van der Waals surface area contributed by atoms with Crippen LogP contribution in [0.3, 0.4) is 0 Å². The minimum atomic E-state index is -0.558. The van der Waals surface area contributed by atoms with Crippen molar-refractivity contribution in [3.05, 3.63) is 33.8 Å². The van der Waals surface area contributed by atoms with E-state index in [1.807, 2.05) is 13.8 Å². The van der Waals surface area contributed by atoms with E-state index in [9.17, 15) is 8.78 Å². The van der Waals surface area contributed by atoms with Gasteiger partial charge in [-0.25, -0.2) is 8.78 Å². The molecule has 0 unspecified atom stereocenters. The van der Waals surface area contributed by atoms with Crippen LogP contribution < -0.4 is 0 Å². The fourth-order valence-electron chi connectivity index (χ4n) is 0.980. The Morgan fingerprint density at radius 1 is 1.17 bits per heavy atom. The average molecular weight is 235 g/mol. The Labute approximate surface area is 78.7 Å². The summed E-state index contributed by atoms with van der Waals surface area (Å²) in [4.78, 5) is 0. The molecule has 0 heterocycles. The van der Waals surface area contributed by atoms with Crippen molar-refractivity contribution >= 4 is 15.9 Å². The van der Waals surface area contributed by atoms with Gasteiger partial charge in [0.15, 0.2) is 0 Å². The molecule has 0 aliphatic rings. The summed E-state index contributed by atoms with van der Waals surface area (Å²) < 4.78 is 26.1. The number of halogens is 3. The average Bonchev–Trinajstić information content (AvgIpc) is 1.96. The second-order valence-corrected chi connectivity index (χ2v) is 3.80. The van der Waals surface area contributed by atoms with Gasteiger partial charge in [0.05, 0.1) is 4.47 Å². The molecule has 1 aromatic rings. The van der Waals surface area contributed by atoms with E-state index in [-0.39, 0.29) is 5.92 Å². The Bertz CT molecular complexity index is 295. The van der Waals surface area contributed by atoms with Crippen molar-refractivity contribution in [2.24, 2.45) is 0 Å². The van der Waals surface area contributed by atoms with Gasteiger partial charge in [0.1, 0.15) is 11.6 Å². The summed E-state index contributed by atoms with van der Waals surface area (Å²) in [7, 11) is 0. The predicted octanol–water partition coefficient (Wildman–Crippen LogP) is 3.85. The quantitative estimate of drug-likeness (QED) is 0.648. The van der Waals surface area contributed by atoms with Crippen molar-refractivity contribution in [2.75, 3.05) is 0 Å². The van der Waals surface area contributed by atoms with Gasteiger partial charge in [-0.15, -0.1) is 0 Å². The van der Waals surface area contributed by atoms with Gasteiger partial charge in [-0.2, -0.15) is 0 Å². The van der Waals surface area contributed by atoms with Crippen LogP contribution in [0.5, 0.6) is 0 Å². The Morgan fingerprint density at radius 3 is 2.25 bits per heavy atom. The van der Waals surface area contributed by atoms with Gasteiger partial charge in [0.2, 0.25) is 0 Å². The summed E-state index contributed by atoms with van der Waals surface area (Å²) in [6.45, 7) is 3.73. The highest BCUT2D eigenvalue weighted by Crippen LogP contribution is 2.24. The molecule has 0 saturated heterocycles. The van der Waals surface area contributed by atoms with Crippen molar-refractivity contribution in [2.45, 2.75) is 19.8 Å². The lowest BCUT2D eigenvalue weighted by Gasteiger charge is -2.07. The van der Waals surface area contributed by atoms with E-state index in [0.717, 1.165) is 6.07 Å². The van der Waals surface area contributed by atoms with Gasteiger partial charge in [-0.3, -0.25) is 0 Å². The molecule has 0 atom stereocenters. The Hall–Kier alpha value is -0.440. The van der Waals surface area contributed by atoms with Crippen LogP contribution in [-0.2, 0) is 0 Å². The minimum absolute atomic E-state index is 0.0712. The van der Waals surface area contributed by atoms with Crippen molar-refractivity contribution in [3.8, 4) is 0 Å². The van der Waals surface area contributed by atoms with E-state index in [4.69, 9.17) is 0 Å². The second-order valence-electron chi connectivity index (χ2n) is 2.94. The summed E-state index contributed by atoms with van der Waals surface area (Å²) in [5.74, 6) is -0.968. The normalized spacial score (nSPS) is 10.8. The zero-order chi connectivity index (χ0) is 9.30. The Balaban J connectivity index is 3.23. The molecule has 1 rings (SSSR count). The molecule has 0 fully saturated rings. The predicted molar refractivity (Wildman–Crippen MR) is 48.1 cm³/mol. The van der Waals surface area contributed by atoms with Crippen molar-refractivity contribution in [3.63, 3.8) is 0 Å². The summed E-state index contributed by atoms with van der Waals surface area (Å²) in [6.07, 6.45) is 0. The van der Waals surface area contributed by atoms with Crippen LogP contribution in [0, 0.1) is 11.6 Å². The highest BCUT2D eigenvalue weighted by Gasteiger charge is 2.10. The smallest absolute Gasteiger partial charge is 0.140 e. The zero-order valence-electron chi connectivity index (χ0n) is 6.87. The van der Waals surface area contributed by atoms with Crippen molar-refractivity contribution in [1.29, 1.82) is 0 Å². The molecule has 0 bridgehead atoms. The zero-order valence-corrected chi connectivity index (χ0v) is 8.45. The molecule has 3 heteroatoms. The molecule has 0 saturated carbocycles. The van der Waals surface area contributed by atoms with E-state index < -0.39 is 11.6 Å². The number of benzene rings is 1. The first kappa shape index (κ1) is 9.65. The molecule has 0 aliphatic heterocycles. The lowest BCUT2D eigenvalue weighted by atomic mass is 10.0. The number of rotatable bonds is 1. The third-order valence-corrected chi connectivity index (χ3v) is 2.27. The van der Waals surface area contributed by atoms with Gasteiger partial charge in [-0.1, -0.05) is 13.8 Å². The van der Waals surface area contributed by atoms with Crippen molar-refractivity contribution < 1.29 is 8.78 Å². The van der Waals surface area contributed by atoms with E-state index in [1.54, 1.807) is 0 Å². The molecule has 1 aromatic carbocycles. The SMILES string of the molecule is CC(C)c1cc(Br)c(F)cc1F. The molecular weight excluding hydrogens is 226 g/mol. The molecule has 12 heavy (non-hydrogen) atoms. The third kappa shape index (κ3) is 1.83. The van der Waals surface area contributed by atoms with E-state index in [0.29, 0.717) is 10.0 Å². The summed E-state index contributed by atoms with van der Waals surface area (Å²) in [6, 6.07) is 2.38. The largest absolute Gasteiger partial charge is 0.207 e. The molecule has 0 N–H and O–H groups in total. The summed E-state index contributed by atoms with van der Waals surface area (Å²) in [5, 5.41) is 0. The standard InChI is InChI=1S/C9H9BrF2/c1-5(2)6-3-7(10)9(12)4-8(6)11/h3-5H,1-2H3. The fourth-order valence-corrected chi connectivity index (χ4v) is 1.34. The maximum Gasteiger partial charge on any atom is 0.140 e. The van der Waals surface area contributed by atoms with Gasteiger partial charge >= 0.3 is 0 Å². The van der Waals surface area contributed by atoms with E-state index in [2.05, 4.69) is 15.9 Å². The first-order valence-corrected chi connectivity index (χ1v) is 4.46. The van der Waals surface area contributed by atoms with E-state index in [1.165, 1.54) is 6.07 Å². The van der Waals surface area contributed by atoms with Crippen LogP contribution in [0.1, 0.15) is 25.3 Å². The minimum Gasteiger partial charge on any atom is -0.207 e. The Morgan fingerprint density at radius 2 is 1.75 bits per heavy atom. The first-order valence-electron chi connectivity index (χ1n) is 3.67. The highest BCUT2D eigenvalue weighted by molar-refractivity contribution is 9.10. The number of hydrogen-bond acceptors (Lipinski definition) is 0. The maximum absolute atomic E-state index is 13.0. The second kappa shape index (κ2) is 3.52. The topological polar surface area (TPSA) is 0 Å². The van der Waals surface area contributed by atoms with Crippen LogP contribution in [0.25, 0.3) is 0 Å². The molecular formula is C9H9BrF2. The molecule has 0 aliphatic carbocycles. The molecule has 0 spiro atoms. The van der Waals surface area contributed by atoms with Gasteiger partial charge in [0.25, 0.3) is 0 Å². The third-order valence-electron chi connectivity index (χ3n) is 1.66. The van der Waals surface area contributed by atoms with Gasteiger partial charge in [-0.05, 0) is 33.5 Å². The van der Waals surface area contributed by atoms with Crippen molar-refractivity contribution in [1.82, 2.24) is 0 Å². The van der Waals surface area contributed by atoms with Crippen LogP contribution in [0.2, 0.25) is 0 Å².